The number of methoxy groups -OCH3 is 1. The smallest absolute Gasteiger partial charge is 0.250 e. The molecular formula is C13H20N4O2. The minimum absolute atomic E-state index is 0.0684. The van der Waals surface area contributed by atoms with Gasteiger partial charge < -0.3 is 15.0 Å². The van der Waals surface area contributed by atoms with Crippen LogP contribution in [-0.4, -0.2) is 42.8 Å². The van der Waals surface area contributed by atoms with E-state index in [-0.39, 0.29) is 5.56 Å². The highest BCUT2D eigenvalue weighted by molar-refractivity contribution is 5.33. The lowest BCUT2D eigenvalue weighted by molar-refractivity contribution is 0.146. The van der Waals surface area contributed by atoms with Crippen LogP contribution in [0.3, 0.4) is 0 Å². The molecule has 0 unspecified atom stereocenters. The molecular weight excluding hydrogens is 244 g/mol. The predicted molar refractivity (Wildman–Crippen MR) is 73.7 cm³/mol. The van der Waals surface area contributed by atoms with Crippen molar-refractivity contribution in [2.24, 2.45) is 0 Å². The van der Waals surface area contributed by atoms with E-state index in [1.54, 1.807) is 23.9 Å². The van der Waals surface area contributed by atoms with Gasteiger partial charge in [-0.2, -0.15) is 5.26 Å². The molecule has 0 atom stereocenters. The third kappa shape index (κ3) is 5.55. The van der Waals surface area contributed by atoms with Gasteiger partial charge in [0.15, 0.2) is 0 Å². The Kier molecular flexibility index (Phi) is 6.64. The van der Waals surface area contributed by atoms with Crippen molar-refractivity contribution in [1.29, 1.82) is 5.26 Å². The van der Waals surface area contributed by atoms with Crippen LogP contribution in [0.15, 0.2) is 23.1 Å². The van der Waals surface area contributed by atoms with Crippen molar-refractivity contribution in [1.82, 2.24) is 9.47 Å². The number of aromatic nitrogens is 1. The molecule has 1 heterocycles. The van der Waals surface area contributed by atoms with Gasteiger partial charge in [0.05, 0.1) is 12.7 Å². The fourth-order valence-electron chi connectivity index (χ4n) is 1.74. The van der Waals surface area contributed by atoms with Gasteiger partial charge in [-0.3, -0.25) is 9.69 Å². The number of anilines is 1. The molecule has 1 aromatic heterocycles. The molecule has 0 spiro atoms. The summed E-state index contributed by atoms with van der Waals surface area (Å²) < 4.78 is 6.62. The Labute approximate surface area is 113 Å². The van der Waals surface area contributed by atoms with Crippen LogP contribution in [0.2, 0.25) is 0 Å². The Bertz CT molecular complexity index is 478. The van der Waals surface area contributed by atoms with Crippen LogP contribution >= 0.6 is 0 Å². The molecule has 104 valence electrons. The second-order valence-electron chi connectivity index (χ2n) is 4.24. The monoisotopic (exact) mass is 264 g/mol. The third-order valence-corrected chi connectivity index (χ3v) is 2.81. The second kappa shape index (κ2) is 8.29. The molecule has 0 saturated heterocycles. The highest BCUT2D eigenvalue weighted by Gasteiger charge is 2.05. The number of pyridine rings is 1. The zero-order valence-corrected chi connectivity index (χ0v) is 11.2. The van der Waals surface area contributed by atoms with Gasteiger partial charge >= 0.3 is 0 Å². The predicted octanol–water partition coefficient (Wildman–Crippen LogP) is 0.293. The summed E-state index contributed by atoms with van der Waals surface area (Å²) in [4.78, 5) is 13.7. The number of nitriles is 1. The summed E-state index contributed by atoms with van der Waals surface area (Å²) in [5.41, 5.74) is 6.16. The highest BCUT2D eigenvalue weighted by atomic mass is 16.5. The fourth-order valence-corrected chi connectivity index (χ4v) is 1.74. The minimum atomic E-state index is -0.0684. The Balaban J connectivity index is 2.56. The summed E-state index contributed by atoms with van der Waals surface area (Å²) in [7, 11) is 1.64. The van der Waals surface area contributed by atoms with Gasteiger partial charge in [0.2, 0.25) is 0 Å². The standard InChI is InChI=1S/C13H20N4O2/c1-19-10-9-16(6-2-5-14)7-8-17-11-12(15)3-4-13(17)18/h3-4,11H,2,6-10,15H2,1H3. The summed E-state index contributed by atoms with van der Waals surface area (Å²) in [6, 6.07) is 5.18. The van der Waals surface area contributed by atoms with E-state index in [9.17, 15) is 4.79 Å². The molecule has 6 heteroatoms. The van der Waals surface area contributed by atoms with Gasteiger partial charge in [0.25, 0.3) is 5.56 Å². The van der Waals surface area contributed by atoms with Crippen LogP contribution in [0.1, 0.15) is 6.42 Å². The third-order valence-electron chi connectivity index (χ3n) is 2.81. The van der Waals surface area contributed by atoms with Gasteiger partial charge in [-0.05, 0) is 6.07 Å². The van der Waals surface area contributed by atoms with Gasteiger partial charge in [-0.25, -0.2) is 0 Å². The number of ether oxygens (including phenoxy) is 1. The molecule has 0 fully saturated rings. The molecule has 6 nitrogen and oxygen atoms in total. The Morgan fingerprint density at radius 3 is 2.89 bits per heavy atom. The van der Waals surface area contributed by atoms with Crippen molar-refractivity contribution < 1.29 is 4.74 Å². The van der Waals surface area contributed by atoms with Crippen LogP contribution in [0.5, 0.6) is 0 Å². The van der Waals surface area contributed by atoms with Gasteiger partial charge in [-0.1, -0.05) is 0 Å². The molecule has 1 rings (SSSR count). The van der Waals surface area contributed by atoms with E-state index in [1.165, 1.54) is 6.07 Å². The van der Waals surface area contributed by atoms with Crippen molar-refractivity contribution >= 4 is 5.69 Å². The van der Waals surface area contributed by atoms with E-state index in [2.05, 4.69) is 11.0 Å². The van der Waals surface area contributed by atoms with Gasteiger partial charge in [0.1, 0.15) is 0 Å². The Morgan fingerprint density at radius 2 is 2.21 bits per heavy atom. The first-order valence-corrected chi connectivity index (χ1v) is 6.21. The molecule has 1 aromatic rings. The molecule has 2 N–H and O–H groups in total. The van der Waals surface area contributed by atoms with Crippen LogP contribution in [0.25, 0.3) is 0 Å². The largest absolute Gasteiger partial charge is 0.398 e. The molecule has 0 radical (unpaired) electrons. The topological polar surface area (TPSA) is 84.3 Å². The van der Waals surface area contributed by atoms with Crippen molar-refractivity contribution in [3.63, 3.8) is 0 Å². The molecule has 0 aromatic carbocycles. The van der Waals surface area contributed by atoms with E-state index >= 15 is 0 Å². The van der Waals surface area contributed by atoms with Crippen LogP contribution in [0.4, 0.5) is 5.69 Å². The number of hydrogen-bond donors (Lipinski definition) is 1. The lowest BCUT2D eigenvalue weighted by atomic mass is 10.3. The molecule has 0 bridgehead atoms. The molecule has 0 saturated carbocycles. The van der Waals surface area contributed by atoms with E-state index < -0.39 is 0 Å². The lowest BCUT2D eigenvalue weighted by Gasteiger charge is -2.21. The Morgan fingerprint density at radius 1 is 1.42 bits per heavy atom. The maximum absolute atomic E-state index is 11.6. The van der Waals surface area contributed by atoms with Gasteiger partial charge in [-0.15, -0.1) is 0 Å². The van der Waals surface area contributed by atoms with Crippen molar-refractivity contribution in [2.75, 3.05) is 39.1 Å². The first kappa shape index (κ1) is 15.2. The maximum atomic E-state index is 11.6. The first-order valence-electron chi connectivity index (χ1n) is 6.21. The molecule has 0 aliphatic rings. The lowest BCUT2D eigenvalue weighted by Crippen LogP contribution is -2.33. The molecule has 19 heavy (non-hydrogen) atoms. The van der Waals surface area contributed by atoms with Crippen LogP contribution in [-0.2, 0) is 11.3 Å². The van der Waals surface area contributed by atoms with Gasteiger partial charge in [0, 0.05) is 57.7 Å². The second-order valence-corrected chi connectivity index (χ2v) is 4.24. The average molecular weight is 264 g/mol. The number of nitrogen functional groups attached to an aromatic ring is 1. The van der Waals surface area contributed by atoms with Crippen molar-refractivity contribution in [3.05, 3.63) is 28.7 Å². The zero-order chi connectivity index (χ0) is 14.1. The number of nitrogens with zero attached hydrogens (tertiary/aromatic N) is 3. The van der Waals surface area contributed by atoms with Crippen molar-refractivity contribution in [2.45, 2.75) is 13.0 Å². The summed E-state index contributed by atoms with van der Waals surface area (Å²) in [5.74, 6) is 0. The van der Waals surface area contributed by atoms with E-state index in [1.807, 2.05) is 0 Å². The summed E-state index contributed by atoms with van der Waals surface area (Å²) in [5, 5.41) is 8.63. The van der Waals surface area contributed by atoms with Crippen molar-refractivity contribution in [3.8, 4) is 6.07 Å². The van der Waals surface area contributed by atoms with Crippen LogP contribution in [0, 0.1) is 11.3 Å². The number of rotatable bonds is 8. The van der Waals surface area contributed by atoms with E-state index in [4.69, 9.17) is 15.7 Å². The highest BCUT2D eigenvalue weighted by Crippen LogP contribution is 1.98. The van der Waals surface area contributed by atoms with E-state index in [0.29, 0.717) is 38.3 Å². The fraction of sp³-hybridized carbons (Fsp3) is 0.538. The van der Waals surface area contributed by atoms with E-state index in [0.717, 1.165) is 6.54 Å². The zero-order valence-electron chi connectivity index (χ0n) is 11.2. The molecule has 0 aliphatic carbocycles. The number of hydrogen-bond acceptors (Lipinski definition) is 5. The maximum Gasteiger partial charge on any atom is 0.250 e. The Hall–Kier alpha value is -1.84. The van der Waals surface area contributed by atoms with Crippen LogP contribution < -0.4 is 11.3 Å². The molecule has 0 amide bonds. The average Bonchev–Trinajstić information content (AvgIpc) is 2.41. The summed E-state index contributed by atoms with van der Waals surface area (Å²) in [6.07, 6.45) is 2.11. The summed E-state index contributed by atoms with van der Waals surface area (Å²) in [6.45, 7) is 3.27. The number of nitrogens with two attached hydrogens (primary N) is 1. The molecule has 0 aliphatic heterocycles. The SMILES string of the molecule is COCCN(CCC#N)CCn1cc(N)ccc1=O. The quantitative estimate of drug-likeness (QED) is 0.729. The first-order chi connectivity index (χ1) is 9.17. The summed E-state index contributed by atoms with van der Waals surface area (Å²) >= 11 is 0. The minimum Gasteiger partial charge on any atom is -0.398 e. The normalized spacial score (nSPS) is 10.6.